The quantitative estimate of drug-likeness (QED) is 0.376. The van der Waals surface area contributed by atoms with E-state index in [2.05, 4.69) is 44.3 Å². The van der Waals surface area contributed by atoms with Crippen molar-refractivity contribution >= 4 is 41.3 Å². The summed E-state index contributed by atoms with van der Waals surface area (Å²) in [5.74, 6) is 2.21. The number of furan rings is 1. The number of hydrogen-bond donors (Lipinski definition) is 2. The smallest absolute Gasteiger partial charge is 0.191 e. The normalized spacial score (nSPS) is 14.1. The molecule has 2 aromatic heterocycles. The minimum Gasteiger partial charge on any atom is -0.468 e. The fraction of sp³-hybridized carbons (Fsp3) is 0.471. The Kier molecular flexibility index (Phi) is 9.38. The number of guanidine groups is 1. The zero-order chi connectivity index (χ0) is 16.7. The molecule has 2 atom stereocenters. The monoisotopic (exact) mass is 462 g/mol. The molecule has 0 saturated heterocycles. The summed E-state index contributed by atoms with van der Waals surface area (Å²) in [6.07, 6.45) is 1.71. The maximum atomic E-state index is 5.53. The number of aliphatic imine (C=N–C) groups is 1. The summed E-state index contributed by atoms with van der Waals surface area (Å²) < 4.78 is 5.53. The van der Waals surface area contributed by atoms with E-state index >= 15 is 0 Å². The Morgan fingerprint density at radius 1 is 1.29 bits per heavy atom. The number of likely N-dealkylation sites (N-methyl/N-ethyl adjacent to an activating group) is 1. The van der Waals surface area contributed by atoms with Crippen molar-refractivity contribution < 1.29 is 4.42 Å². The van der Waals surface area contributed by atoms with Crippen molar-refractivity contribution in [3.05, 3.63) is 46.5 Å². The van der Waals surface area contributed by atoms with Crippen molar-refractivity contribution in [3.8, 4) is 0 Å². The van der Waals surface area contributed by atoms with Crippen LogP contribution >= 0.6 is 35.3 Å². The van der Waals surface area contributed by atoms with E-state index in [0.717, 1.165) is 24.8 Å². The third-order valence-electron chi connectivity index (χ3n) is 3.87. The number of nitrogens with zero attached hydrogens (tertiary/aromatic N) is 2. The highest BCUT2D eigenvalue weighted by molar-refractivity contribution is 14.0. The second-order valence-electron chi connectivity index (χ2n) is 5.79. The predicted molar refractivity (Wildman–Crippen MR) is 113 cm³/mol. The molecule has 0 spiro atoms. The molecule has 0 fully saturated rings. The van der Waals surface area contributed by atoms with E-state index in [4.69, 9.17) is 4.42 Å². The standard InChI is InChI=1S/C17H26N4OS.HI/c1-13(14-7-9-23-12-14)10-19-17(18-2)20-11-15(21(3)4)16-6-5-8-22-16;/h5-9,12-13,15H,10-11H2,1-4H3,(H2,18,19,20);1H. The fourth-order valence-corrected chi connectivity index (χ4v) is 3.14. The van der Waals surface area contributed by atoms with Gasteiger partial charge in [0.1, 0.15) is 5.76 Å². The third kappa shape index (κ3) is 6.10. The van der Waals surface area contributed by atoms with Gasteiger partial charge in [-0.3, -0.25) is 9.89 Å². The van der Waals surface area contributed by atoms with E-state index < -0.39 is 0 Å². The molecule has 0 aliphatic heterocycles. The molecule has 7 heteroatoms. The average molecular weight is 462 g/mol. The lowest BCUT2D eigenvalue weighted by atomic mass is 10.1. The summed E-state index contributed by atoms with van der Waals surface area (Å²) in [5, 5.41) is 11.1. The lowest BCUT2D eigenvalue weighted by Crippen LogP contribution is -2.42. The van der Waals surface area contributed by atoms with Crippen molar-refractivity contribution in [2.45, 2.75) is 18.9 Å². The summed E-state index contributed by atoms with van der Waals surface area (Å²) in [7, 11) is 5.88. The Morgan fingerprint density at radius 3 is 2.58 bits per heavy atom. The van der Waals surface area contributed by atoms with Gasteiger partial charge in [-0.25, -0.2) is 0 Å². The van der Waals surface area contributed by atoms with Crippen LogP contribution < -0.4 is 10.6 Å². The van der Waals surface area contributed by atoms with Crippen LogP contribution in [-0.2, 0) is 0 Å². The van der Waals surface area contributed by atoms with Gasteiger partial charge >= 0.3 is 0 Å². The third-order valence-corrected chi connectivity index (χ3v) is 4.57. The summed E-state index contributed by atoms with van der Waals surface area (Å²) >= 11 is 1.73. The van der Waals surface area contributed by atoms with Crippen molar-refractivity contribution in [3.63, 3.8) is 0 Å². The zero-order valence-corrected chi connectivity index (χ0v) is 17.8. The molecule has 2 N–H and O–H groups in total. The first-order chi connectivity index (χ1) is 11.1. The molecule has 0 bridgehead atoms. The van der Waals surface area contributed by atoms with Gasteiger partial charge in [-0.15, -0.1) is 24.0 Å². The number of halogens is 1. The summed E-state index contributed by atoms with van der Waals surface area (Å²) in [6.45, 7) is 3.80. The van der Waals surface area contributed by atoms with Crippen LogP contribution in [-0.4, -0.2) is 45.1 Å². The Hall–Kier alpha value is -1.06. The molecule has 2 heterocycles. The highest BCUT2D eigenvalue weighted by atomic mass is 127. The van der Waals surface area contributed by atoms with E-state index in [1.165, 1.54) is 5.56 Å². The Morgan fingerprint density at radius 2 is 2.04 bits per heavy atom. The summed E-state index contributed by atoms with van der Waals surface area (Å²) in [4.78, 5) is 6.43. The van der Waals surface area contributed by atoms with Crippen LogP contribution in [0.1, 0.15) is 30.2 Å². The first-order valence-electron chi connectivity index (χ1n) is 7.78. The van der Waals surface area contributed by atoms with Crippen LogP contribution in [0.25, 0.3) is 0 Å². The average Bonchev–Trinajstić information content (AvgIpc) is 3.23. The summed E-state index contributed by atoms with van der Waals surface area (Å²) in [6, 6.07) is 6.26. The van der Waals surface area contributed by atoms with Crippen LogP contribution in [0.3, 0.4) is 0 Å². The lowest BCUT2D eigenvalue weighted by Gasteiger charge is -2.24. The van der Waals surface area contributed by atoms with E-state index in [-0.39, 0.29) is 30.0 Å². The van der Waals surface area contributed by atoms with E-state index in [0.29, 0.717) is 5.92 Å². The highest BCUT2D eigenvalue weighted by Crippen LogP contribution is 2.18. The van der Waals surface area contributed by atoms with Crippen molar-refractivity contribution in [2.75, 3.05) is 34.2 Å². The molecule has 2 unspecified atom stereocenters. The Bertz CT molecular complexity index is 584. The number of rotatable bonds is 7. The maximum absolute atomic E-state index is 5.53. The SMILES string of the molecule is CN=C(NCC(C)c1ccsc1)NCC(c1ccco1)N(C)C.I. The molecule has 0 aromatic carbocycles. The molecular weight excluding hydrogens is 435 g/mol. The van der Waals surface area contributed by atoms with Crippen LogP contribution in [0.5, 0.6) is 0 Å². The molecule has 2 aromatic rings. The maximum Gasteiger partial charge on any atom is 0.191 e. The molecule has 0 saturated carbocycles. The first-order valence-corrected chi connectivity index (χ1v) is 8.72. The van der Waals surface area contributed by atoms with Crippen molar-refractivity contribution in [1.82, 2.24) is 15.5 Å². The number of nitrogens with one attached hydrogen (secondary N) is 2. The van der Waals surface area contributed by atoms with Crippen LogP contribution in [0, 0.1) is 0 Å². The van der Waals surface area contributed by atoms with E-state index in [9.17, 15) is 0 Å². The number of thiophene rings is 1. The number of hydrogen-bond acceptors (Lipinski definition) is 4. The van der Waals surface area contributed by atoms with Gasteiger partial charge in [0.25, 0.3) is 0 Å². The van der Waals surface area contributed by atoms with Gasteiger partial charge in [0.15, 0.2) is 5.96 Å². The highest BCUT2D eigenvalue weighted by Gasteiger charge is 2.17. The van der Waals surface area contributed by atoms with Crippen LogP contribution in [0.15, 0.2) is 44.6 Å². The van der Waals surface area contributed by atoms with Gasteiger partial charge in [0.05, 0.1) is 12.3 Å². The molecule has 5 nitrogen and oxygen atoms in total. The van der Waals surface area contributed by atoms with E-state index in [1.807, 2.05) is 26.2 Å². The largest absolute Gasteiger partial charge is 0.468 e. The van der Waals surface area contributed by atoms with Gasteiger partial charge < -0.3 is 15.1 Å². The van der Waals surface area contributed by atoms with Crippen molar-refractivity contribution in [1.29, 1.82) is 0 Å². The van der Waals surface area contributed by atoms with Gasteiger partial charge in [-0.05, 0) is 54.5 Å². The van der Waals surface area contributed by atoms with Gasteiger partial charge in [0, 0.05) is 20.1 Å². The molecule has 134 valence electrons. The molecule has 0 radical (unpaired) electrons. The van der Waals surface area contributed by atoms with Crippen LogP contribution in [0.2, 0.25) is 0 Å². The van der Waals surface area contributed by atoms with Crippen LogP contribution in [0.4, 0.5) is 0 Å². The second kappa shape index (κ2) is 10.7. The van der Waals surface area contributed by atoms with Crippen molar-refractivity contribution in [2.24, 2.45) is 4.99 Å². The molecule has 0 aliphatic rings. The van der Waals surface area contributed by atoms with Gasteiger partial charge in [-0.2, -0.15) is 11.3 Å². The predicted octanol–water partition coefficient (Wildman–Crippen LogP) is 3.53. The topological polar surface area (TPSA) is 52.8 Å². The molecular formula is C17H27IN4OS. The molecule has 0 amide bonds. The zero-order valence-electron chi connectivity index (χ0n) is 14.7. The Labute approximate surface area is 165 Å². The second-order valence-corrected chi connectivity index (χ2v) is 6.57. The minimum absolute atomic E-state index is 0. The lowest BCUT2D eigenvalue weighted by molar-refractivity contribution is 0.258. The molecule has 2 rings (SSSR count). The minimum atomic E-state index is 0. The van der Waals surface area contributed by atoms with E-state index in [1.54, 1.807) is 24.6 Å². The molecule has 0 aliphatic carbocycles. The first kappa shape index (κ1) is 21.0. The van der Waals surface area contributed by atoms with Gasteiger partial charge in [0.2, 0.25) is 0 Å². The molecule has 24 heavy (non-hydrogen) atoms. The summed E-state index contributed by atoms with van der Waals surface area (Å²) in [5.41, 5.74) is 1.36. The van der Waals surface area contributed by atoms with Gasteiger partial charge in [-0.1, -0.05) is 6.92 Å². The fourth-order valence-electron chi connectivity index (χ4n) is 2.36. The Balaban J connectivity index is 0.00000288.